The van der Waals surface area contributed by atoms with Crippen LogP contribution in [0.15, 0.2) is 12.1 Å². The fraction of sp³-hybridized carbons (Fsp3) is 0.462. The Morgan fingerprint density at radius 1 is 1.41 bits per heavy atom. The average Bonchev–Trinajstić information content (AvgIpc) is 3.05. The van der Waals surface area contributed by atoms with Gasteiger partial charge in [-0.15, -0.1) is 0 Å². The van der Waals surface area contributed by atoms with Crippen molar-refractivity contribution in [3.63, 3.8) is 0 Å². The first kappa shape index (κ1) is 11.8. The molecule has 1 amide bonds. The summed E-state index contributed by atoms with van der Waals surface area (Å²) < 4.78 is 5.50. The highest BCUT2D eigenvalue weighted by Crippen LogP contribution is 2.24. The van der Waals surface area contributed by atoms with Crippen LogP contribution in [-0.2, 0) is 4.79 Å². The molecule has 92 valence electrons. The van der Waals surface area contributed by atoms with Gasteiger partial charge in [0.15, 0.2) is 6.61 Å². The summed E-state index contributed by atoms with van der Waals surface area (Å²) in [5.41, 5.74) is 8.45. The predicted octanol–water partition coefficient (Wildman–Crippen LogP) is 1.54. The van der Waals surface area contributed by atoms with E-state index in [-0.39, 0.29) is 12.5 Å². The van der Waals surface area contributed by atoms with E-state index in [2.05, 4.69) is 5.32 Å². The minimum atomic E-state index is -0.0543. The fourth-order valence-electron chi connectivity index (χ4n) is 1.61. The van der Waals surface area contributed by atoms with Gasteiger partial charge in [0, 0.05) is 11.7 Å². The highest BCUT2D eigenvalue weighted by Gasteiger charge is 2.23. The van der Waals surface area contributed by atoms with E-state index >= 15 is 0 Å². The number of hydrogen-bond acceptors (Lipinski definition) is 3. The van der Waals surface area contributed by atoms with Crippen LogP contribution >= 0.6 is 0 Å². The van der Waals surface area contributed by atoms with Crippen LogP contribution in [0.3, 0.4) is 0 Å². The van der Waals surface area contributed by atoms with Gasteiger partial charge in [0.2, 0.25) is 0 Å². The SMILES string of the molecule is Cc1cc(OCC(=O)NC2CC2)c(C)cc1N. The lowest BCUT2D eigenvalue weighted by atomic mass is 10.1. The summed E-state index contributed by atoms with van der Waals surface area (Å²) in [5.74, 6) is 0.670. The molecule has 1 fully saturated rings. The summed E-state index contributed by atoms with van der Waals surface area (Å²) in [6, 6.07) is 4.11. The summed E-state index contributed by atoms with van der Waals surface area (Å²) >= 11 is 0. The molecule has 1 saturated carbocycles. The smallest absolute Gasteiger partial charge is 0.258 e. The zero-order chi connectivity index (χ0) is 12.4. The Morgan fingerprint density at radius 2 is 2.12 bits per heavy atom. The van der Waals surface area contributed by atoms with E-state index in [9.17, 15) is 4.79 Å². The molecular weight excluding hydrogens is 216 g/mol. The van der Waals surface area contributed by atoms with Gasteiger partial charge >= 0.3 is 0 Å². The topological polar surface area (TPSA) is 64.3 Å². The number of nitrogen functional groups attached to an aromatic ring is 1. The van der Waals surface area contributed by atoms with Crippen LogP contribution in [-0.4, -0.2) is 18.6 Å². The molecule has 0 heterocycles. The number of nitrogens with two attached hydrogens (primary N) is 1. The highest BCUT2D eigenvalue weighted by molar-refractivity contribution is 5.78. The number of anilines is 1. The first-order valence-corrected chi connectivity index (χ1v) is 5.85. The lowest BCUT2D eigenvalue weighted by Gasteiger charge is -2.11. The van der Waals surface area contributed by atoms with Crippen LogP contribution in [0.2, 0.25) is 0 Å². The van der Waals surface area contributed by atoms with Crippen molar-refractivity contribution in [1.29, 1.82) is 0 Å². The van der Waals surface area contributed by atoms with E-state index in [1.807, 2.05) is 26.0 Å². The standard InChI is InChI=1S/C13H18N2O2/c1-8-6-12(9(2)5-11(8)14)17-7-13(16)15-10-3-4-10/h5-6,10H,3-4,7,14H2,1-2H3,(H,15,16). The number of nitrogens with one attached hydrogen (secondary N) is 1. The molecule has 0 aliphatic heterocycles. The van der Waals surface area contributed by atoms with Gasteiger partial charge in [-0.3, -0.25) is 4.79 Å². The number of carbonyl (C=O) groups is 1. The zero-order valence-electron chi connectivity index (χ0n) is 10.2. The molecule has 3 N–H and O–H groups in total. The van der Waals surface area contributed by atoms with E-state index in [1.165, 1.54) is 0 Å². The number of hydrogen-bond donors (Lipinski definition) is 2. The molecule has 2 rings (SSSR count). The van der Waals surface area contributed by atoms with Crippen molar-refractivity contribution in [2.24, 2.45) is 0 Å². The van der Waals surface area contributed by atoms with Gasteiger partial charge in [-0.1, -0.05) is 0 Å². The first-order valence-electron chi connectivity index (χ1n) is 5.85. The lowest BCUT2D eigenvalue weighted by molar-refractivity contribution is -0.123. The van der Waals surface area contributed by atoms with Gasteiger partial charge in [-0.25, -0.2) is 0 Å². The molecular formula is C13H18N2O2. The Morgan fingerprint density at radius 3 is 2.76 bits per heavy atom. The first-order chi connectivity index (χ1) is 8.06. The van der Waals surface area contributed by atoms with E-state index < -0.39 is 0 Å². The van der Waals surface area contributed by atoms with Crippen LogP contribution in [0.5, 0.6) is 5.75 Å². The number of carbonyl (C=O) groups excluding carboxylic acids is 1. The second-order valence-electron chi connectivity index (χ2n) is 4.60. The number of benzene rings is 1. The Hall–Kier alpha value is -1.71. The average molecular weight is 234 g/mol. The summed E-state index contributed by atoms with van der Waals surface area (Å²) in [5, 5.41) is 2.88. The molecule has 1 aliphatic rings. The predicted molar refractivity (Wildman–Crippen MR) is 67.0 cm³/mol. The molecule has 0 aromatic heterocycles. The number of rotatable bonds is 4. The molecule has 1 aromatic carbocycles. The Balaban J connectivity index is 1.93. The van der Waals surface area contributed by atoms with Crippen molar-refractivity contribution in [2.75, 3.05) is 12.3 Å². The number of amides is 1. The van der Waals surface area contributed by atoms with Gasteiger partial charge < -0.3 is 15.8 Å². The molecule has 1 aromatic rings. The highest BCUT2D eigenvalue weighted by atomic mass is 16.5. The van der Waals surface area contributed by atoms with Crippen molar-refractivity contribution < 1.29 is 9.53 Å². The summed E-state index contributed by atoms with van der Waals surface area (Å²) in [7, 11) is 0. The van der Waals surface area contributed by atoms with Crippen molar-refractivity contribution in [3.05, 3.63) is 23.3 Å². The maximum atomic E-state index is 11.5. The minimum Gasteiger partial charge on any atom is -0.483 e. The fourth-order valence-corrected chi connectivity index (χ4v) is 1.61. The number of aryl methyl sites for hydroxylation is 2. The van der Waals surface area contributed by atoms with Gasteiger partial charge in [-0.05, 0) is 49.9 Å². The molecule has 0 bridgehead atoms. The van der Waals surface area contributed by atoms with Crippen LogP contribution in [0, 0.1) is 13.8 Å². The largest absolute Gasteiger partial charge is 0.483 e. The van der Waals surface area contributed by atoms with Crippen LogP contribution in [0.1, 0.15) is 24.0 Å². The van der Waals surface area contributed by atoms with E-state index in [1.54, 1.807) is 0 Å². The summed E-state index contributed by atoms with van der Waals surface area (Å²) in [6.07, 6.45) is 2.18. The normalized spacial score (nSPS) is 14.5. The Labute approximate surface area is 101 Å². The van der Waals surface area contributed by atoms with E-state index in [0.717, 1.165) is 35.4 Å². The van der Waals surface area contributed by atoms with Crippen molar-refractivity contribution in [3.8, 4) is 5.75 Å². The molecule has 0 saturated heterocycles. The maximum Gasteiger partial charge on any atom is 0.258 e. The maximum absolute atomic E-state index is 11.5. The molecule has 17 heavy (non-hydrogen) atoms. The van der Waals surface area contributed by atoms with Gasteiger partial charge in [-0.2, -0.15) is 0 Å². The third-order valence-electron chi connectivity index (χ3n) is 2.86. The number of ether oxygens (including phenoxy) is 1. The van der Waals surface area contributed by atoms with Gasteiger partial charge in [0.25, 0.3) is 5.91 Å². The Kier molecular flexibility index (Phi) is 3.22. The third-order valence-corrected chi connectivity index (χ3v) is 2.86. The van der Waals surface area contributed by atoms with Crippen LogP contribution < -0.4 is 15.8 Å². The van der Waals surface area contributed by atoms with Crippen molar-refractivity contribution >= 4 is 11.6 Å². The van der Waals surface area contributed by atoms with E-state index in [4.69, 9.17) is 10.5 Å². The second kappa shape index (κ2) is 4.65. The lowest BCUT2D eigenvalue weighted by Crippen LogP contribution is -2.30. The van der Waals surface area contributed by atoms with Crippen molar-refractivity contribution in [2.45, 2.75) is 32.7 Å². The Bertz CT molecular complexity index is 439. The zero-order valence-corrected chi connectivity index (χ0v) is 10.2. The van der Waals surface area contributed by atoms with E-state index in [0.29, 0.717) is 6.04 Å². The molecule has 0 unspecified atom stereocenters. The summed E-state index contributed by atoms with van der Waals surface area (Å²) in [6.45, 7) is 3.91. The van der Waals surface area contributed by atoms with Crippen LogP contribution in [0.4, 0.5) is 5.69 Å². The molecule has 0 atom stereocenters. The molecule has 1 aliphatic carbocycles. The molecule has 4 heteroatoms. The van der Waals surface area contributed by atoms with Crippen molar-refractivity contribution in [1.82, 2.24) is 5.32 Å². The van der Waals surface area contributed by atoms with Crippen LogP contribution in [0.25, 0.3) is 0 Å². The quantitative estimate of drug-likeness (QED) is 0.777. The minimum absolute atomic E-state index is 0.0543. The molecule has 4 nitrogen and oxygen atoms in total. The summed E-state index contributed by atoms with van der Waals surface area (Å²) in [4.78, 5) is 11.5. The van der Waals surface area contributed by atoms with Gasteiger partial charge in [0.05, 0.1) is 0 Å². The van der Waals surface area contributed by atoms with Gasteiger partial charge in [0.1, 0.15) is 5.75 Å². The second-order valence-corrected chi connectivity index (χ2v) is 4.60. The molecule has 0 radical (unpaired) electrons. The third kappa shape index (κ3) is 3.12. The molecule has 0 spiro atoms. The monoisotopic (exact) mass is 234 g/mol.